The molecule has 0 atom stereocenters. The number of nitrogens with zero attached hydrogens (tertiary/aromatic N) is 2. The fourth-order valence-corrected chi connectivity index (χ4v) is 3.23. The molecular formula is C14H24N2O3. The standard InChI is InChI=1S/C14H24N2O3/c1-2-15-7-9-16(10-8-15)12(17)11-14(13(18)19)5-3-4-6-14/h2-11H2,1H3,(H,18,19). The molecule has 1 saturated carbocycles. The van der Waals surface area contributed by atoms with Crippen LogP contribution < -0.4 is 0 Å². The quantitative estimate of drug-likeness (QED) is 0.832. The first kappa shape index (κ1) is 14.3. The van der Waals surface area contributed by atoms with Gasteiger partial charge in [0.1, 0.15) is 0 Å². The van der Waals surface area contributed by atoms with E-state index in [1.54, 1.807) is 0 Å². The van der Waals surface area contributed by atoms with Crippen LogP contribution in [0.4, 0.5) is 0 Å². The average molecular weight is 268 g/mol. The molecule has 0 radical (unpaired) electrons. The number of hydrogen-bond donors (Lipinski definition) is 1. The van der Waals surface area contributed by atoms with Crippen LogP contribution in [0.1, 0.15) is 39.0 Å². The van der Waals surface area contributed by atoms with E-state index < -0.39 is 11.4 Å². The summed E-state index contributed by atoms with van der Waals surface area (Å²) in [7, 11) is 0. The first-order valence-electron chi connectivity index (χ1n) is 7.31. The number of hydrogen-bond acceptors (Lipinski definition) is 3. The molecule has 0 spiro atoms. The lowest BCUT2D eigenvalue weighted by molar-refractivity contribution is -0.153. The van der Waals surface area contributed by atoms with E-state index >= 15 is 0 Å². The van der Waals surface area contributed by atoms with E-state index in [9.17, 15) is 14.7 Å². The topological polar surface area (TPSA) is 60.9 Å². The van der Waals surface area contributed by atoms with Crippen LogP contribution in [0.15, 0.2) is 0 Å². The molecule has 5 nitrogen and oxygen atoms in total. The third kappa shape index (κ3) is 3.08. The Morgan fingerprint density at radius 1 is 1.11 bits per heavy atom. The zero-order chi connectivity index (χ0) is 13.9. The van der Waals surface area contributed by atoms with Crippen LogP contribution in [0.5, 0.6) is 0 Å². The van der Waals surface area contributed by atoms with Gasteiger partial charge in [-0.15, -0.1) is 0 Å². The summed E-state index contributed by atoms with van der Waals surface area (Å²) in [6, 6.07) is 0. The van der Waals surface area contributed by atoms with Gasteiger partial charge in [-0.1, -0.05) is 19.8 Å². The number of rotatable bonds is 4. The Kier molecular flexibility index (Phi) is 4.45. The van der Waals surface area contributed by atoms with Gasteiger partial charge in [0.2, 0.25) is 5.91 Å². The van der Waals surface area contributed by atoms with Gasteiger partial charge >= 0.3 is 5.97 Å². The van der Waals surface area contributed by atoms with E-state index in [1.807, 2.05) is 4.90 Å². The van der Waals surface area contributed by atoms with Crippen LogP contribution in [0, 0.1) is 5.41 Å². The van der Waals surface area contributed by atoms with Crippen LogP contribution in [-0.2, 0) is 9.59 Å². The van der Waals surface area contributed by atoms with Crippen LogP contribution in [0.3, 0.4) is 0 Å². The molecule has 1 heterocycles. The summed E-state index contributed by atoms with van der Waals surface area (Å²) < 4.78 is 0. The van der Waals surface area contributed by atoms with E-state index in [0.29, 0.717) is 12.8 Å². The molecule has 1 aliphatic heterocycles. The smallest absolute Gasteiger partial charge is 0.310 e. The number of piperazine rings is 1. The molecule has 0 aromatic carbocycles. The summed E-state index contributed by atoms with van der Waals surface area (Å²) >= 11 is 0. The van der Waals surface area contributed by atoms with Gasteiger partial charge in [0.25, 0.3) is 0 Å². The third-order valence-corrected chi connectivity index (χ3v) is 4.68. The molecule has 0 bridgehead atoms. The number of carboxylic acid groups (broad SMARTS) is 1. The fourth-order valence-electron chi connectivity index (χ4n) is 3.23. The van der Waals surface area contributed by atoms with Crippen molar-refractivity contribution >= 4 is 11.9 Å². The van der Waals surface area contributed by atoms with Gasteiger partial charge in [-0.3, -0.25) is 9.59 Å². The Hall–Kier alpha value is -1.10. The molecule has 1 saturated heterocycles. The first-order chi connectivity index (χ1) is 9.07. The van der Waals surface area contributed by atoms with Gasteiger partial charge < -0.3 is 14.9 Å². The molecule has 2 rings (SSSR count). The summed E-state index contributed by atoms with van der Waals surface area (Å²) in [6.45, 7) is 6.42. The van der Waals surface area contributed by atoms with Gasteiger partial charge in [-0.25, -0.2) is 0 Å². The highest BCUT2D eigenvalue weighted by Gasteiger charge is 2.43. The predicted octanol–water partition coefficient (Wildman–Crippen LogP) is 1.19. The van der Waals surface area contributed by atoms with Crippen LogP contribution in [0.2, 0.25) is 0 Å². The van der Waals surface area contributed by atoms with Crippen molar-refractivity contribution in [1.82, 2.24) is 9.80 Å². The van der Waals surface area contributed by atoms with Crippen molar-refractivity contribution < 1.29 is 14.7 Å². The number of amides is 1. The fraction of sp³-hybridized carbons (Fsp3) is 0.857. The largest absolute Gasteiger partial charge is 0.481 e. The minimum Gasteiger partial charge on any atom is -0.481 e. The molecule has 0 aromatic heterocycles. The van der Waals surface area contributed by atoms with Crippen molar-refractivity contribution in [1.29, 1.82) is 0 Å². The maximum atomic E-state index is 12.3. The number of carbonyl (C=O) groups is 2. The van der Waals surface area contributed by atoms with Gasteiger partial charge in [0.05, 0.1) is 5.41 Å². The molecule has 2 fully saturated rings. The summed E-state index contributed by atoms with van der Waals surface area (Å²) in [5.41, 5.74) is -0.779. The lowest BCUT2D eigenvalue weighted by Gasteiger charge is -2.35. The van der Waals surface area contributed by atoms with Crippen molar-refractivity contribution in [2.24, 2.45) is 5.41 Å². The summed E-state index contributed by atoms with van der Waals surface area (Å²) in [5, 5.41) is 9.41. The monoisotopic (exact) mass is 268 g/mol. The third-order valence-electron chi connectivity index (χ3n) is 4.68. The second-order valence-electron chi connectivity index (χ2n) is 5.78. The Morgan fingerprint density at radius 2 is 1.68 bits per heavy atom. The Bertz CT molecular complexity index is 343. The van der Waals surface area contributed by atoms with Crippen molar-refractivity contribution in [3.05, 3.63) is 0 Å². The molecule has 108 valence electrons. The molecule has 1 amide bonds. The Morgan fingerprint density at radius 3 is 2.16 bits per heavy atom. The maximum absolute atomic E-state index is 12.3. The molecular weight excluding hydrogens is 244 g/mol. The SMILES string of the molecule is CCN1CCN(C(=O)CC2(C(=O)O)CCCC2)CC1. The van der Waals surface area contributed by atoms with E-state index in [-0.39, 0.29) is 12.3 Å². The molecule has 19 heavy (non-hydrogen) atoms. The van der Waals surface area contributed by atoms with E-state index in [0.717, 1.165) is 45.6 Å². The Labute approximate surface area is 114 Å². The van der Waals surface area contributed by atoms with E-state index in [4.69, 9.17) is 0 Å². The number of aliphatic carboxylic acids is 1. The average Bonchev–Trinajstić information content (AvgIpc) is 2.88. The van der Waals surface area contributed by atoms with E-state index in [1.165, 1.54) is 0 Å². The molecule has 0 unspecified atom stereocenters. The summed E-state index contributed by atoms with van der Waals surface area (Å²) in [4.78, 5) is 27.9. The molecule has 2 aliphatic rings. The van der Waals surface area contributed by atoms with Crippen molar-refractivity contribution in [3.8, 4) is 0 Å². The van der Waals surface area contributed by atoms with Crippen molar-refractivity contribution in [2.45, 2.75) is 39.0 Å². The number of carbonyl (C=O) groups excluding carboxylic acids is 1. The summed E-state index contributed by atoms with van der Waals surface area (Å²) in [5.74, 6) is -0.759. The summed E-state index contributed by atoms with van der Waals surface area (Å²) in [6.07, 6.45) is 3.37. The number of likely N-dealkylation sites (N-methyl/N-ethyl adjacent to an activating group) is 1. The van der Waals surface area contributed by atoms with Gasteiger partial charge in [0, 0.05) is 32.6 Å². The van der Waals surface area contributed by atoms with Gasteiger partial charge in [0.15, 0.2) is 0 Å². The minimum atomic E-state index is -0.787. The van der Waals surface area contributed by atoms with Crippen molar-refractivity contribution in [2.75, 3.05) is 32.7 Å². The highest BCUT2D eigenvalue weighted by molar-refractivity contribution is 5.85. The van der Waals surface area contributed by atoms with Crippen LogP contribution in [-0.4, -0.2) is 59.5 Å². The van der Waals surface area contributed by atoms with Crippen LogP contribution >= 0.6 is 0 Å². The second-order valence-corrected chi connectivity index (χ2v) is 5.78. The minimum absolute atomic E-state index is 0.0278. The zero-order valence-corrected chi connectivity index (χ0v) is 11.7. The number of carboxylic acids is 1. The molecule has 5 heteroatoms. The highest BCUT2D eigenvalue weighted by atomic mass is 16.4. The first-order valence-corrected chi connectivity index (χ1v) is 7.31. The maximum Gasteiger partial charge on any atom is 0.310 e. The lowest BCUT2D eigenvalue weighted by Crippen LogP contribution is -2.49. The van der Waals surface area contributed by atoms with E-state index in [2.05, 4.69) is 11.8 Å². The van der Waals surface area contributed by atoms with Gasteiger partial charge in [-0.2, -0.15) is 0 Å². The molecule has 0 aromatic rings. The van der Waals surface area contributed by atoms with Crippen molar-refractivity contribution in [3.63, 3.8) is 0 Å². The lowest BCUT2D eigenvalue weighted by atomic mass is 9.82. The predicted molar refractivity (Wildman–Crippen MR) is 71.8 cm³/mol. The molecule has 1 aliphatic carbocycles. The zero-order valence-electron chi connectivity index (χ0n) is 11.7. The normalized spacial score (nSPS) is 23.5. The second kappa shape index (κ2) is 5.90. The molecule has 1 N–H and O–H groups in total. The van der Waals surface area contributed by atoms with Crippen LogP contribution in [0.25, 0.3) is 0 Å². The highest BCUT2D eigenvalue weighted by Crippen LogP contribution is 2.41. The Balaban J connectivity index is 1.92. The van der Waals surface area contributed by atoms with Gasteiger partial charge in [-0.05, 0) is 19.4 Å².